The molecule has 0 atom stereocenters. The van der Waals surface area contributed by atoms with E-state index < -0.39 is 0 Å². The van der Waals surface area contributed by atoms with Gasteiger partial charge in [0.25, 0.3) is 0 Å². The number of rotatable bonds is 9. The van der Waals surface area contributed by atoms with Gasteiger partial charge in [0.05, 0.1) is 12.2 Å². The first-order chi connectivity index (χ1) is 12.4. The zero-order chi connectivity index (χ0) is 19.1. The van der Waals surface area contributed by atoms with Gasteiger partial charge in [-0.25, -0.2) is 0 Å². The van der Waals surface area contributed by atoms with Gasteiger partial charge in [-0.3, -0.25) is 9.48 Å². The summed E-state index contributed by atoms with van der Waals surface area (Å²) in [6.45, 7) is 12.4. The van der Waals surface area contributed by atoms with Crippen LogP contribution in [0.5, 0.6) is 5.75 Å². The van der Waals surface area contributed by atoms with Crippen LogP contribution in [0.3, 0.4) is 0 Å². The first-order valence-electron chi connectivity index (χ1n) is 9.36. The van der Waals surface area contributed by atoms with Crippen LogP contribution in [0.2, 0.25) is 0 Å². The monoisotopic (exact) mass is 357 g/mol. The third-order valence-electron chi connectivity index (χ3n) is 4.35. The topological polar surface area (TPSA) is 56.1 Å². The molecule has 0 aliphatic carbocycles. The lowest BCUT2D eigenvalue weighted by Gasteiger charge is -2.09. The van der Waals surface area contributed by atoms with Gasteiger partial charge in [0.2, 0.25) is 5.91 Å². The highest BCUT2D eigenvalue weighted by Crippen LogP contribution is 2.16. The van der Waals surface area contributed by atoms with Crippen molar-refractivity contribution in [2.75, 3.05) is 13.2 Å². The molecule has 5 nitrogen and oxygen atoms in total. The fraction of sp³-hybridized carbons (Fsp3) is 0.524. The van der Waals surface area contributed by atoms with E-state index in [-0.39, 0.29) is 5.91 Å². The Bertz CT molecular complexity index is 735. The fourth-order valence-corrected chi connectivity index (χ4v) is 3.01. The molecule has 0 saturated carbocycles. The Kier molecular flexibility index (Phi) is 7.25. The number of aryl methyl sites for hydroxylation is 2. The van der Waals surface area contributed by atoms with Crippen molar-refractivity contribution in [1.82, 2.24) is 15.1 Å². The van der Waals surface area contributed by atoms with E-state index in [0.29, 0.717) is 25.5 Å². The molecule has 1 amide bonds. The summed E-state index contributed by atoms with van der Waals surface area (Å²) < 4.78 is 7.71. The van der Waals surface area contributed by atoms with E-state index in [2.05, 4.69) is 35.9 Å². The largest absolute Gasteiger partial charge is 0.492 e. The van der Waals surface area contributed by atoms with Gasteiger partial charge in [-0.05, 0) is 56.4 Å². The molecule has 1 aromatic heterocycles. The predicted octanol–water partition coefficient (Wildman–Crippen LogP) is 3.59. The van der Waals surface area contributed by atoms with Gasteiger partial charge in [-0.2, -0.15) is 5.10 Å². The number of nitrogens with one attached hydrogen (secondary N) is 1. The normalized spacial score (nSPS) is 11.0. The number of aromatic nitrogens is 2. The molecule has 0 spiro atoms. The second kappa shape index (κ2) is 9.41. The molecule has 142 valence electrons. The SMILES string of the molecule is Cc1cccc(OCCNC(=O)CCc2c(C)nn(CC(C)C)c2C)c1. The van der Waals surface area contributed by atoms with Crippen LogP contribution in [0.25, 0.3) is 0 Å². The number of benzene rings is 1. The van der Waals surface area contributed by atoms with E-state index in [1.807, 2.05) is 38.1 Å². The minimum absolute atomic E-state index is 0.0493. The van der Waals surface area contributed by atoms with Crippen molar-refractivity contribution in [3.63, 3.8) is 0 Å². The Morgan fingerprint density at radius 2 is 2.04 bits per heavy atom. The van der Waals surface area contributed by atoms with Crippen molar-refractivity contribution in [2.24, 2.45) is 5.92 Å². The number of ether oxygens (including phenoxy) is 1. The zero-order valence-electron chi connectivity index (χ0n) is 16.6. The predicted molar refractivity (Wildman–Crippen MR) is 105 cm³/mol. The molecule has 0 bridgehead atoms. The number of amides is 1. The van der Waals surface area contributed by atoms with E-state index in [0.717, 1.165) is 30.0 Å². The van der Waals surface area contributed by atoms with Gasteiger partial charge in [0.1, 0.15) is 12.4 Å². The highest BCUT2D eigenvalue weighted by atomic mass is 16.5. The molecule has 1 heterocycles. The van der Waals surface area contributed by atoms with E-state index in [1.54, 1.807) is 0 Å². The molecule has 0 fully saturated rings. The van der Waals surface area contributed by atoms with E-state index in [4.69, 9.17) is 4.74 Å². The second-order valence-electron chi connectivity index (χ2n) is 7.24. The van der Waals surface area contributed by atoms with Crippen LogP contribution in [0.15, 0.2) is 24.3 Å². The van der Waals surface area contributed by atoms with Crippen molar-refractivity contribution >= 4 is 5.91 Å². The molecule has 0 aliphatic rings. The lowest BCUT2D eigenvalue weighted by Crippen LogP contribution is -2.28. The van der Waals surface area contributed by atoms with Crippen molar-refractivity contribution in [3.05, 3.63) is 46.8 Å². The molecule has 0 aliphatic heterocycles. The van der Waals surface area contributed by atoms with Crippen LogP contribution in [-0.2, 0) is 17.8 Å². The lowest BCUT2D eigenvalue weighted by molar-refractivity contribution is -0.121. The van der Waals surface area contributed by atoms with Gasteiger partial charge in [-0.15, -0.1) is 0 Å². The summed E-state index contributed by atoms with van der Waals surface area (Å²) >= 11 is 0. The third kappa shape index (κ3) is 5.90. The number of carbonyl (C=O) groups excluding carboxylic acids is 1. The fourth-order valence-electron chi connectivity index (χ4n) is 3.01. The average molecular weight is 357 g/mol. The van der Waals surface area contributed by atoms with E-state index >= 15 is 0 Å². The van der Waals surface area contributed by atoms with E-state index in [1.165, 1.54) is 11.3 Å². The van der Waals surface area contributed by atoms with Crippen LogP contribution < -0.4 is 10.1 Å². The maximum atomic E-state index is 12.1. The zero-order valence-corrected chi connectivity index (χ0v) is 16.6. The number of carbonyl (C=O) groups is 1. The summed E-state index contributed by atoms with van der Waals surface area (Å²) in [5, 5.41) is 7.53. The van der Waals surface area contributed by atoms with Crippen molar-refractivity contribution in [3.8, 4) is 5.75 Å². The molecular formula is C21H31N3O2. The summed E-state index contributed by atoms with van der Waals surface area (Å²) in [6, 6.07) is 7.91. The van der Waals surface area contributed by atoms with Crippen LogP contribution in [0.4, 0.5) is 0 Å². The summed E-state index contributed by atoms with van der Waals surface area (Å²) in [5.41, 5.74) is 4.55. The lowest BCUT2D eigenvalue weighted by atomic mass is 10.1. The molecule has 0 radical (unpaired) electrons. The number of nitrogens with zero attached hydrogens (tertiary/aromatic N) is 2. The Hall–Kier alpha value is -2.30. The number of hydrogen-bond donors (Lipinski definition) is 1. The second-order valence-corrected chi connectivity index (χ2v) is 7.24. The summed E-state index contributed by atoms with van der Waals surface area (Å²) in [4.78, 5) is 12.1. The van der Waals surface area contributed by atoms with Crippen molar-refractivity contribution in [2.45, 2.75) is 54.0 Å². The van der Waals surface area contributed by atoms with Crippen LogP contribution >= 0.6 is 0 Å². The van der Waals surface area contributed by atoms with Crippen molar-refractivity contribution in [1.29, 1.82) is 0 Å². The van der Waals surface area contributed by atoms with Crippen LogP contribution in [0.1, 0.15) is 42.8 Å². The Morgan fingerprint density at radius 3 is 2.73 bits per heavy atom. The molecule has 2 aromatic rings. The molecule has 5 heteroatoms. The summed E-state index contributed by atoms with van der Waals surface area (Å²) in [5.74, 6) is 1.44. The van der Waals surface area contributed by atoms with Gasteiger partial charge >= 0.3 is 0 Å². The van der Waals surface area contributed by atoms with E-state index in [9.17, 15) is 4.79 Å². The first-order valence-corrected chi connectivity index (χ1v) is 9.36. The molecular weight excluding hydrogens is 326 g/mol. The molecule has 2 rings (SSSR count). The Labute approximate surface area is 156 Å². The molecule has 1 aromatic carbocycles. The maximum absolute atomic E-state index is 12.1. The molecule has 0 saturated heterocycles. The number of hydrogen-bond acceptors (Lipinski definition) is 3. The molecule has 26 heavy (non-hydrogen) atoms. The Balaban J connectivity index is 1.74. The molecule has 1 N–H and O–H groups in total. The van der Waals surface area contributed by atoms with Gasteiger partial charge < -0.3 is 10.1 Å². The van der Waals surface area contributed by atoms with Gasteiger partial charge in [-0.1, -0.05) is 26.0 Å². The highest BCUT2D eigenvalue weighted by Gasteiger charge is 2.13. The smallest absolute Gasteiger partial charge is 0.220 e. The first kappa shape index (κ1) is 20.0. The maximum Gasteiger partial charge on any atom is 0.220 e. The summed E-state index contributed by atoms with van der Waals surface area (Å²) in [7, 11) is 0. The van der Waals surface area contributed by atoms with Gasteiger partial charge in [0.15, 0.2) is 0 Å². The van der Waals surface area contributed by atoms with Crippen LogP contribution in [0, 0.1) is 26.7 Å². The molecule has 0 unspecified atom stereocenters. The van der Waals surface area contributed by atoms with Crippen LogP contribution in [-0.4, -0.2) is 28.8 Å². The van der Waals surface area contributed by atoms with Crippen molar-refractivity contribution < 1.29 is 9.53 Å². The Morgan fingerprint density at radius 1 is 1.27 bits per heavy atom. The quantitative estimate of drug-likeness (QED) is 0.698. The standard InChI is InChI=1S/C21H31N3O2/c1-15(2)14-24-18(5)20(17(4)23-24)9-10-21(25)22-11-12-26-19-8-6-7-16(3)13-19/h6-8,13,15H,9-12,14H2,1-5H3,(H,22,25). The minimum atomic E-state index is 0.0493. The third-order valence-corrected chi connectivity index (χ3v) is 4.35. The minimum Gasteiger partial charge on any atom is -0.492 e. The highest BCUT2D eigenvalue weighted by molar-refractivity contribution is 5.76. The summed E-state index contributed by atoms with van der Waals surface area (Å²) in [6.07, 6.45) is 1.19. The average Bonchev–Trinajstić information content (AvgIpc) is 2.83. The van der Waals surface area contributed by atoms with Gasteiger partial charge in [0, 0.05) is 18.7 Å².